The Kier molecular flexibility index (Phi) is 7.75. The van der Waals surface area contributed by atoms with E-state index in [1.54, 1.807) is 12.1 Å². The van der Waals surface area contributed by atoms with E-state index in [-0.39, 0.29) is 29.7 Å². The SMILES string of the molecule is ON=C(C(Cc1cccc(F)c1)c1ccc(O)c(O)c1O)C(Cc1cccc(F)c1)c1ccc(O)c(O)c1O. The smallest absolute Gasteiger partial charge is 0.200 e. The van der Waals surface area contributed by atoms with Gasteiger partial charge in [0, 0.05) is 23.0 Å². The molecule has 39 heavy (non-hydrogen) atoms. The fraction of sp³-hybridized carbons (Fsp3) is 0.138. The van der Waals surface area contributed by atoms with Crippen molar-refractivity contribution in [3.63, 3.8) is 0 Å². The lowest BCUT2D eigenvalue weighted by Gasteiger charge is -2.28. The van der Waals surface area contributed by atoms with Crippen LogP contribution in [-0.2, 0) is 12.8 Å². The molecule has 0 aliphatic carbocycles. The maximum atomic E-state index is 14.1. The second kappa shape index (κ2) is 11.2. The van der Waals surface area contributed by atoms with E-state index in [0.717, 1.165) is 12.1 Å². The maximum Gasteiger partial charge on any atom is 0.200 e. The molecule has 0 radical (unpaired) electrons. The van der Waals surface area contributed by atoms with Gasteiger partial charge >= 0.3 is 0 Å². The number of nitrogens with zero attached hydrogens (tertiary/aromatic N) is 1. The van der Waals surface area contributed by atoms with Crippen LogP contribution in [0.3, 0.4) is 0 Å². The van der Waals surface area contributed by atoms with Crippen molar-refractivity contribution in [1.82, 2.24) is 0 Å². The standard InChI is InChI=1S/C29H25F2NO7/c30-17-5-1-3-15(11-17)13-21(19-7-9-23(33)28(37)26(19)35)25(32-39)22(14-16-4-2-6-18(31)12-16)20-8-10-24(34)29(38)27(20)36/h1-12,21-22,33-39H,13-14H2. The van der Waals surface area contributed by atoms with E-state index in [0.29, 0.717) is 11.1 Å². The zero-order valence-electron chi connectivity index (χ0n) is 20.3. The Labute approximate surface area is 221 Å². The molecule has 4 aromatic carbocycles. The molecular weight excluding hydrogens is 512 g/mol. The number of rotatable bonds is 8. The molecule has 8 nitrogen and oxygen atoms in total. The minimum Gasteiger partial charge on any atom is -0.504 e. The number of phenolic OH excluding ortho intramolecular Hbond substituents is 6. The lowest BCUT2D eigenvalue weighted by molar-refractivity contribution is 0.313. The van der Waals surface area contributed by atoms with Gasteiger partial charge < -0.3 is 35.8 Å². The number of phenols is 6. The molecule has 0 aliphatic rings. The Hall–Kier alpha value is -4.99. The molecule has 202 valence electrons. The maximum absolute atomic E-state index is 14.1. The first-order valence-electron chi connectivity index (χ1n) is 11.8. The van der Waals surface area contributed by atoms with Crippen LogP contribution in [0.2, 0.25) is 0 Å². The summed E-state index contributed by atoms with van der Waals surface area (Å²) in [6, 6.07) is 15.8. The number of aromatic hydroxyl groups is 6. The average Bonchev–Trinajstić information content (AvgIpc) is 2.90. The van der Waals surface area contributed by atoms with Crippen molar-refractivity contribution >= 4 is 5.71 Å². The van der Waals surface area contributed by atoms with E-state index in [1.165, 1.54) is 48.5 Å². The molecule has 0 bridgehead atoms. The van der Waals surface area contributed by atoms with E-state index in [9.17, 15) is 44.6 Å². The van der Waals surface area contributed by atoms with Crippen LogP contribution in [0.15, 0.2) is 78.0 Å². The fourth-order valence-electron chi connectivity index (χ4n) is 4.66. The summed E-state index contributed by atoms with van der Waals surface area (Å²) < 4.78 is 28.1. The van der Waals surface area contributed by atoms with Gasteiger partial charge in [-0.1, -0.05) is 41.6 Å². The zero-order valence-corrected chi connectivity index (χ0v) is 20.3. The van der Waals surface area contributed by atoms with Gasteiger partial charge in [0.2, 0.25) is 11.5 Å². The number of hydrogen-bond donors (Lipinski definition) is 7. The summed E-state index contributed by atoms with van der Waals surface area (Å²) in [6.45, 7) is 0. The van der Waals surface area contributed by atoms with Crippen molar-refractivity contribution in [2.75, 3.05) is 0 Å². The summed E-state index contributed by atoms with van der Waals surface area (Å²) in [7, 11) is 0. The third-order valence-electron chi connectivity index (χ3n) is 6.56. The van der Waals surface area contributed by atoms with E-state index in [2.05, 4.69) is 5.16 Å². The molecule has 0 amide bonds. The number of hydrogen-bond acceptors (Lipinski definition) is 8. The highest BCUT2D eigenvalue weighted by atomic mass is 19.1. The first kappa shape index (κ1) is 27.1. The molecule has 0 fully saturated rings. The van der Waals surface area contributed by atoms with Crippen LogP contribution in [-0.4, -0.2) is 41.6 Å². The van der Waals surface area contributed by atoms with Gasteiger partial charge in [-0.15, -0.1) is 0 Å². The normalized spacial score (nSPS) is 12.6. The summed E-state index contributed by atoms with van der Waals surface area (Å²) in [5, 5.41) is 75.5. The molecule has 10 heteroatoms. The Morgan fingerprint density at radius 2 is 1.00 bits per heavy atom. The third kappa shape index (κ3) is 5.64. The number of benzene rings is 4. The lowest BCUT2D eigenvalue weighted by atomic mass is 9.76. The van der Waals surface area contributed by atoms with E-state index >= 15 is 0 Å². The van der Waals surface area contributed by atoms with Gasteiger partial charge in [0.25, 0.3) is 0 Å². The monoisotopic (exact) mass is 537 g/mol. The molecule has 2 atom stereocenters. The molecular formula is C29H25F2NO7. The molecule has 2 unspecified atom stereocenters. The van der Waals surface area contributed by atoms with Crippen molar-refractivity contribution in [1.29, 1.82) is 0 Å². The summed E-state index contributed by atoms with van der Waals surface area (Å²) in [5.74, 6) is -7.63. The van der Waals surface area contributed by atoms with Crippen LogP contribution in [0.25, 0.3) is 0 Å². The number of halogens is 2. The minimum atomic E-state index is -1.10. The van der Waals surface area contributed by atoms with Crippen LogP contribution in [0.5, 0.6) is 34.5 Å². The van der Waals surface area contributed by atoms with Crippen molar-refractivity contribution < 1.29 is 44.6 Å². The quantitative estimate of drug-likeness (QED) is 0.0689. The predicted molar refractivity (Wildman–Crippen MR) is 138 cm³/mol. The molecule has 0 heterocycles. The second-order valence-corrected chi connectivity index (χ2v) is 9.04. The first-order chi connectivity index (χ1) is 18.6. The first-order valence-corrected chi connectivity index (χ1v) is 11.8. The molecule has 0 aromatic heterocycles. The van der Waals surface area contributed by atoms with Crippen molar-refractivity contribution in [3.8, 4) is 34.5 Å². The largest absolute Gasteiger partial charge is 0.504 e. The topological polar surface area (TPSA) is 154 Å². The zero-order chi connectivity index (χ0) is 28.3. The van der Waals surface area contributed by atoms with E-state index < -0.39 is 58.0 Å². The Bertz CT molecular complexity index is 1430. The van der Waals surface area contributed by atoms with Crippen LogP contribution >= 0.6 is 0 Å². The predicted octanol–water partition coefficient (Wildman–Crippen LogP) is 5.38. The molecule has 4 rings (SSSR count). The molecule has 0 spiro atoms. The van der Waals surface area contributed by atoms with Crippen LogP contribution in [0.1, 0.15) is 34.1 Å². The van der Waals surface area contributed by atoms with Gasteiger partial charge in [-0.05, 0) is 60.4 Å². The van der Waals surface area contributed by atoms with Crippen LogP contribution in [0.4, 0.5) is 8.78 Å². The highest BCUT2D eigenvalue weighted by Crippen LogP contribution is 2.46. The van der Waals surface area contributed by atoms with Gasteiger partial charge in [0.1, 0.15) is 11.6 Å². The summed E-state index contributed by atoms with van der Waals surface area (Å²) in [6.07, 6.45) is -0.168. The average molecular weight is 538 g/mol. The van der Waals surface area contributed by atoms with Crippen molar-refractivity contribution in [2.45, 2.75) is 24.7 Å². The minimum absolute atomic E-state index is 0.00547. The second-order valence-electron chi connectivity index (χ2n) is 9.04. The Morgan fingerprint density at radius 1 is 0.590 bits per heavy atom. The summed E-state index contributed by atoms with van der Waals surface area (Å²) in [5.41, 5.74) is 0.693. The van der Waals surface area contributed by atoms with E-state index in [4.69, 9.17) is 0 Å². The van der Waals surface area contributed by atoms with Gasteiger partial charge in [0.15, 0.2) is 23.0 Å². The van der Waals surface area contributed by atoms with Crippen molar-refractivity contribution in [3.05, 3.63) is 107 Å². The summed E-state index contributed by atoms with van der Waals surface area (Å²) in [4.78, 5) is 0. The summed E-state index contributed by atoms with van der Waals surface area (Å²) >= 11 is 0. The van der Waals surface area contributed by atoms with Crippen LogP contribution in [0, 0.1) is 11.6 Å². The Morgan fingerprint density at radius 3 is 1.36 bits per heavy atom. The van der Waals surface area contributed by atoms with Gasteiger partial charge in [-0.3, -0.25) is 0 Å². The highest BCUT2D eigenvalue weighted by Gasteiger charge is 2.34. The van der Waals surface area contributed by atoms with E-state index in [1.807, 2.05) is 0 Å². The molecule has 0 saturated heterocycles. The van der Waals surface area contributed by atoms with Gasteiger partial charge in [0.05, 0.1) is 5.71 Å². The van der Waals surface area contributed by atoms with Crippen LogP contribution < -0.4 is 0 Å². The van der Waals surface area contributed by atoms with Crippen molar-refractivity contribution in [2.24, 2.45) is 5.16 Å². The fourth-order valence-corrected chi connectivity index (χ4v) is 4.66. The molecule has 4 aromatic rings. The van der Waals surface area contributed by atoms with Gasteiger partial charge in [-0.25, -0.2) is 8.78 Å². The number of oxime groups is 1. The van der Waals surface area contributed by atoms with Gasteiger partial charge in [-0.2, -0.15) is 0 Å². The Balaban J connectivity index is 1.93. The third-order valence-corrected chi connectivity index (χ3v) is 6.56. The highest BCUT2D eigenvalue weighted by molar-refractivity contribution is 5.98. The molecule has 0 aliphatic heterocycles. The molecule has 0 saturated carbocycles. The molecule has 7 N–H and O–H groups in total. The lowest BCUT2D eigenvalue weighted by Crippen LogP contribution is -2.25.